The summed E-state index contributed by atoms with van der Waals surface area (Å²) in [6.07, 6.45) is 2.49. The SMILES string of the molecule is CCNC(=NCc1ccc(N2CCCC2=O)cc1)NCC(=O)N1CCc2sccc2C1.I. The minimum Gasteiger partial charge on any atom is -0.357 e. The largest absolute Gasteiger partial charge is 0.357 e. The highest BCUT2D eigenvalue weighted by molar-refractivity contribution is 14.0. The second-order valence-corrected chi connectivity index (χ2v) is 8.80. The van der Waals surface area contributed by atoms with Crippen molar-refractivity contribution in [1.82, 2.24) is 15.5 Å². The maximum atomic E-state index is 12.7. The van der Waals surface area contributed by atoms with E-state index in [4.69, 9.17) is 0 Å². The Labute approximate surface area is 210 Å². The number of nitrogens with zero attached hydrogens (tertiary/aromatic N) is 3. The van der Waals surface area contributed by atoms with Gasteiger partial charge in [-0.05, 0) is 54.5 Å². The number of carbonyl (C=O) groups is 2. The molecule has 7 nitrogen and oxygen atoms in total. The molecule has 0 radical (unpaired) electrons. The summed E-state index contributed by atoms with van der Waals surface area (Å²) >= 11 is 1.77. The summed E-state index contributed by atoms with van der Waals surface area (Å²) in [5, 5.41) is 8.47. The van der Waals surface area contributed by atoms with Crippen LogP contribution in [-0.2, 0) is 29.1 Å². The van der Waals surface area contributed by atoms with E-state index in [-0.39, 0.29) is 42.3 Å². The van der Waals surface area contributed by atoms with Gasteiger partial charge in [-0.25, -0.2) is 4.99 Å². The van der Waals surface area contributed by atoms with E-state index in [0.717, 1.165) is 43.7 Å². The van der Waals surface area contributed by atoms with Crippen LogP contribution >= 0.6 is 35.3 Å². The minimum atomic E-state index is 0. The fourth-order valence-electron chi connectivity index (χ4n) is 3.95. The summed E-state index contributed by atoms with van der Waals surface area (Å²) in [4.78, 5) is 34.3. The number of amides is 2. The Bertz CT molecular complexity index is 960. The van der Waals surface area contributed by atoms with Crippen molar-refractivity contribution >= 4 is 58.8 Å². The Hall–Kier alpha value is -2.14. The smallest absolute Gasteiger partial charge is 0.242 e. The van der Waals surface area contributed by atoms with Gasteiger partial charge in [-0.1, -0.05) is 12.1 Å². The van der Waals surface area contributed by atoms with E-state index in [1.807, 2.05) is 41.0 Å². The first-order valence-corrected chi connectivity index (χ1v) is 11.8. The second-order valence-electron chi connectivity index (χ2n) is 7.80. The number of nitrogens with one attached hydrogen (secondary N) is 2. The molecule has 2 aliphatic rings. The van der Waals surface area contributed by atoms with Gasteiger partial charge in [0.25, 0.3) is 0 Å². The number of carbonyl (C=O) groups excluding carboxylic acids is 2. The van der Waals surface area contributed by atoms with E-state index in [2.05, 4.69) is 27.1 Å². The Morgan fingerprint density at radius 1 is 1.12 bits per heavy atom. The molecule has 3 heterocycles. The van der Waals surface area contributed by atoms with Crippen LogP contribution in [0.15, 0.2) is 40.7 Å². The molecule has 0 unspecified atom stereocenters. The number of hydrogen-bond acceptors (Lipinski definition) is 4. The topological polar surface area (TPSA) is 77.0 Å². The number of hydrogen-bond donors (Lipinski definition) is 2. The molecule has 0 aliphatic carbocycles. The highest BCUT2D eigenvalue weighted by Gasteiger charge is 2.22. The summed E-state index contributed by atoms with van der Waals surface area (Å²) in [6.45, 7) is 5.71. The fraction of sp³-hybridized carbons (Fsp3) is 0.435. The van der Waals surface area contributed by atoms with Crippen molar-refractivity contribution < 1.29 is 9.59 Å². The zero-order chi connectivity index (χ0) is 21.6. The summed E-state index contributed by atoms with van der Waals surface area (Å²) in [6, 6.07) is 10.1. The van der Waals surface area contributed by atoms with Gasteiger partial charge >= 0.3 is 0 Å². The van der Waals surface area contributed by atoms with Crippen LogP contribution in [0.25, 0.3) is 0 Å². The molecule has 2 N–H and O–H groups in total. The first-order chi connectivity index (χ1) is 15.1. The summed E-state index contributed by atoms with van der Waals surface area (Å²) < 4.78 is 0. The van der Waals surface area contributed by atoms with E-state index >= 15 is 0 Å². The Kier molecular flexibility index (Phi) is 8.92. The van der Waals surface area contributed by atoms with Crippen molar-refractivity contribution in [2.75, 3.05) is 31.1 Å². The number of halogens is 1. The van der Waals surface area contributed by atoms with E-state index in [1.165, 1.54) is 10.4 Å². The lowest BCUT2D eigenvalue weighted by Gasteiger charge is -2.27. The highest BCUT2D eigenvalue weighted by atomic mass is 127. The lowest BCUT2D eigenvalue weighted by Crippen LogP contribution is -2.45. The van der Waals surface area contributed by atoms with E-state index in [9.17, 15) is 9.59 Å². The van der Waals surface area contributed by atoms with Crippen molar-refractivity contribution in [3.63, 3.8) is 0 Å². The monoisotopic (exact) mass is 567 g/mol. The van der Waals surface area contributed by atoms with Gasteiger partial charge in [-0.15, -0.1) is 35.3 Å². The normalized spacial score (nSPS) is 15.9. The number of guanidine groups is 1. The molecule has 1 aromatic heterocycles. The van der Waals surface area contributed by atoms with E-state index in [1.54, 1.807) is 11.3 Å². The first-order valence-electron chi connectivity index (χ1n) is 10.9. The second kappa shape index (κ2) is 11.6. The molecule has 2 aliphatic heterocycles. The quantitative estimate of drug-likeness (QED) is 0.320. The third kappa shape index (κ3) is 6.00. The number of anilines is 1. The maximum absolute atomic E-state index is 12.7. The fourth-order valence-corrected chi connectivity index (χ4v) is 4.84. The molecular weight excluding hydrogens is 537 g/mol. The minimum absolute atomic E-state index is 0. The molecule has 9 heteroatoms. The lowest BCUT2D eigenvalue weighted by molar-refractivity contribution is -0.130. The van der Waals surface area contributed by atoms with Gasteiger partial charge in [0, 0.05) is 43.2 Å². The molecule has 172 valence electrons. The predicted molar refractivity (Wildman–Crippen MR) is 140 cm³/mol. The summed E-state index contributed by atoms with van der Waals surface area (Å²) in [5.74, 6) is 0.906. The Morgan fingerprint density at radius 3 is 2.66 bits per heavy atom. The van der Waals surface area contributed by atoms with Crippen molar-refractivity contribution in [1.29, 1.82) is 0 Å². The van der Waals surface area contributed by atoms with Gasteiger partial charge in [0.05, 0.1) is 13.1 Å². The number of aliphatic imine (C=N–C) groups is 1. The van der Waals surface area contributed by atoms with Crippen LogP contribution in [0.5, 0.6) is 0 Å². The average Bonchev–Trinajstić information content (AvgIpc) is 3.44. The van der Waals surface area contributed by atoms with Crippen LogP contribution in [0.3, 0.4) is 0 Å². The molecule has 0 saturated carbocycles. The molecule has 2 aromatic rings. The van der Waals surface area contributed by atoms with Crippen LogP contribution in [-0.4, -0.2) is 48.9 Å². The van der Waals surface area contributed by atoms with Gasteiger partial charge in [-0.2, -0.15) is 0 Å². The number of benzene rings is 1. The average molecular weight is 567 g/mol. The Balaban J connectivity index is 0.00000289. The van der Waals surface area contributed by atoms with Gasteiger partial charge in [0.15, 0.2) is 5.96 Å². The molecule has 32 heavy (non-hydrogen) atoms. The summed E-state index contributed by atoms with van der Waals surface area (Å²) in [5.41, 5.74) is 3.27. The first kappa shape index (κ1) is 24.5. The predicted octanol–water partition coefficient (Wildman–Crippen LogP) is 3.13. The number of rotatable bonds is 6. The standard InChI is InChI=1S/C23H29N5O2S.HI/c1-2-24-23(26-15-22(30)27-12-9-20-18(16-27)10-13-31-20)25-14-17-5-7-19(8-6-17)28-11-3-4-21(28)29;/h5-8,10,13H,2-4,9,11-12,14-16H2,1H3,(H2,24,25,26);1H. The van der Waals surface area contributed by atoms with Crippen LogP contribution in [0.1, 0.15) is 35.8 Å². The molecule has 0 bridgehead atoms. The zero-order valence-corrected chi connectivity index (χ0v) is 21.4. The third-order valence-corrected chi connectivity index (χ3v) is 6.68. The molecule has 0 spiro atoms. The highest BCUT2D eigenvalue weighted by Crippen LogP contribution is 2.24. The summed E-state index contributed by atoms with van der Waals surface area (Å²) in [7, 11) is 0. The maximum Gasteiger partial charge on any atom is 0.242 e. The molecule has 4 rings (SSSR count). The van der Waals surface area contributed by atoms with Crippen LogP contribution in [0.4, 0.5) is 5.69 Å². The van der Waals surface area contributed by atoms with E-state index < -0.39 is 0 Å². The van der Waals surface area contributed by atoms with Crippen molar-refractivity contribution in [2.24, 2.45) is 4.99 Å². The zero-order valence-electron chi connectivity index (χ0n) is 18.3. The lowest BCUT2D eigenvalue weighted by atomic mass is 10.1. The molecular formula is C23H30IN5O2S. The van der Waals surface area contributed by atoms with E-state index in [0.29, 0.717) is 25.5 Å². The molecule has 2 amide bonds. The van der Waals surface area contributed by atoms with Crippen LogP contribution < -0.4 is 15.5 Å². The van der Waals surface area contributed by atoms with Crippen molar-refractivity contribution in [3.8, 4) is 0 Å². The van der Waals surface area contributed by atoms with Gasteiger partial charge in [0.2, 0.25) is 11.8 Å². The van der Waals surface area contributed by atoms with Crippen molar-refractivity contribution in [2.45, 2.75) is 39.3 Å². The third-order valence-electron chi connectivity index (χ3n) is 5.65. The molecule has 0 atom stereocenters. The Morgan fingerprint density at radius 2 is 1.94 bits per heavy atom. The van der Waals surface area contributed by atoms with Crippen LogP contribution in [0, 0.1) is 0 Å². The molecule has 1 saturated heterocycles. The number of fused-ring (bicyclic) bond motifs is 1. The van der Waals surface area contributed by atoms with Gasteiger partial charge < -0.3 is 20.4 Å². The van der Waals surface area contributed by atoms with Crippen molar-refractivity contribution in [3.05, 3.63) is 51.7 Å². The number of thiophene rings is 1. The molecule has 1 aromatic carbocycles. The molecule has 1 fully saturated rings. The van der Waals surface area contributed by atoms with Gasteiger partial charge in [-0.3, -0.25) is 9.59 Å². The van der Waals surface area contributed by atoms with Crippen LogP contribution in [0.2, 0.25) is 0 Å². The van der Waals surface area contributed by atoms with Gasteiger partial charge in [0.1, 0.15) is 0 Å².